The highest BCUT2D eigenvalue weighted by atomic mass is 32.2. The third-order valence-electron chi connectivity index (χ3n) is 3.97. The lowest BCUT2D eigenvalue weighted by atomic mass is 10.1. The first-order chi connectivity index (χ1) is 13.2. The van der Waals surface area contributed by atoms with Crippen LogP contribution >= 0.6 is 0 Å². The van der Waals surface area contributed by atoms with Gasteiger partial charge in [0.1, 0.15) is 11.5 Å². The third-order valence-corrected chi connectivity index (χ3v) is 4.47. The molecule has 0 aliphatic heterocycles. The Morgan fingerprint density at radius 1 is 1.04 bits per heavy atom. The van der Waals surface area contributed by atoms with Gasteiger partial charge in [-0.2, -0.15) is 8.42 Å². The van der Waals surface area contributed by atoms with E-state index >= 15 is 0 Å². The number of ether oxygens (including phenoxy) is 1. The van der Waals surface area contributed by atoms with Gasteiger partial charge in [-0.05, 0) is 41.3 Å². The molecule has 0 fully saturated rings. The minimum Gasteiger partial charge on any atom is -0.497 e. The van der Waals surface area contributed by atoms with Gasteiger partial charge in [-0.1, -0.05) is 38.1 Å². The van der Waals surface area contributed by atoms with Crippen molar-refractivity contribution in [3.8, 4) is 11.5 Å². The van der Waals surface area contributed by atoms with Crippen LogP contribution in [0.15, 0.2) is 48.5 Å². The molecule has 0 saturated heterocycles. The van der Waals surface area contributed by atoms with E-state index in [4.69, 9.17) is 8.92 Å². The lowest BCUT2D eigenvalue weighted by Gasteiger charge is -2.25. The van der Waals surface area contributed by atoms with E-state index in [1.54, 1.807) is 30.2 Å². The molecule has 0 aliphatic carbocycles. The summed E-state index contributed by atoms with van der Waals surface area (Å²) in [5.74, 6) is 1.30. The maximum atomic E-state index is 12.9. The van der Waals surface area contributed by atoms with Gasteiger partial charge in [0.15, 0.2) is 0 Å². The summed E-state index contributed by atoms with van der Waals surface area (Å²) in [4.78, 5) is 14.7. The van der Waals surface area contributed by atoms with Crippen LogP contribution in [0, 0.1) is 5.92 Å². The summed E-state index contributed by atoms with van der Waals surface area (Å²) in [6, 6.07) is 14.2. The molecular weight excluding hydrogens is 378 g/mol. The SMILES string of the molecule is COc1ccc(CC(=O)N(Cc2cccc(OS(C)(=O)=O)c2)CC(C)C)cc1. The van der Waals surface area contributed by atoms with Crippen LogP contribution in [0.5, 0.6) is 11.5 Å². The summed E-state index contributed by atoms with van der Waals surface area (Å²) in [5, 5.41) is 0. The van der Waals surface area contributed by atoms with Gasteiger partial charge in [-0.3, -0.25) is 4.79 Å². The minimum absolute atomic E-state index is 0.00769. The van der Waals surface area contributed by atoms with Gasteiger partial charge in [0.2, 0.25) is 5.91 Å². The maximum absolute atomic E-state index is 12.9. The van der Waals surface area contributed by atoms with E-state index in [1.165, 1.54) is 0 Å². The molecule has 0 N–H and O–H groups in total. The largest absolute Gasteiger partial charge is 0.497 e. The molecule has 0 heterocycles. The summed E-state index contributed by atoms with van der Waals surface area (Å²) in [6.45, 7) is 5.09. The first-order valence-corrected chi connectivity index (χ1v) is 10.9. The van der Waals surface area contributed by atoms with E-state index in [1.807, 2.05) is 30.3 Å². The molecule has 6 nitrogen and oxygen atoms in total. The smallest absolute Gasteiger partial charge is 0.306 e. The zero-order chi connectivity index (χ0) is 20.7. The fraction of sp³-hybridized carbons (Fsp3) is 0.381. The highest BCUT2D eigenvalue weighted by Crippen LogP contribution is 2.18. The van der Waals surface area contributed by atoms with E-state index in [2.05, 4.69) is 13.8 Å². The van der Waals surface area contributed by atoms with Gasteiger partial charge in [0.05, 0.1) is 19.8 Å². The Bertz CT molecular complexity index is 891. The normalized spacial score (nSPS) is 11.3. The number of methoxy groups -OCH3 is 1. The number of hydrogen-bond donors (Lipinski definition) is 0. The molecule has 0 aliphatic rings. The standard InChI is InChI=1S/C21H27NO5S/c1-16(2)14-22(21(23)13-17-8-10-19(26-3)11-9-17)15-18-6-5-7-20(12-18)27-28(4,24)25/h5-12,16H,13-15H2,1-4H3. The number of nitrogens with zero attached hydrogens (tertiary/aromatic N) is 1. The minimum atomic E-state index is -3.59. The molecule has 2 aromatic rings. The average molecular weight is 406 g/mol. The molecule has 0 aromatic heterocycles. The van der Waals surface area contributed by atoms with E-state index in [9.17, 15) is 13.2 Å². The Balaban J connectivity index is 2.14. The molecule has 0 bridgehead atoms. The summed E-state index contributed by atoms with van der Waals surface area (Å²) in [5.41, 5.74) is 1.72. The van der Waals surface area contributed by atoms with Crippen molar-refractivity contribution in [2.24, 2.45) is 5.92 Å². The summed E-state index contributed by atoms with van der Waals surface area (Å²) in [7, 11) is -1.99. The van der Waals surface area contributed by atoms with Crippen LogP contribution in [-0.2, 0) is 27.9 Å². The van der Waals surface area contributed by atoms with Crippen LogP contribution in [-0.4, -0.2) is 39.1 Å². The van der Waals surface area contributed by atoms with E-state index in [-0.39, 0.29) is 18.1 Å². The predicted molar refractivity (Wildman–Crippen MR) is 109 cm³/mol. The molecule has 0 unspecified atom stereocenters. The topological polar surface area (TPSA) is 72.9 Å². The van der Waals surface area contributed by atoms with E-state index in [0.717, 1.165) is 23.1 Å². The van der Waals surface area contributed by atoms with Crippen molar-refractivity contribution in [3.63, 3.8) is 0 Å². The third kappa shape index (κ3) is 7.23. The Hall–Kier alpha value is -2.54. The monoisotopic (exact) mass is 405 g/mol. The van der Waals surface area contributed by atoms with E-state index < -0.39 is 10.1 Å². The van der Waals surface area contributed by atoms with Crippen LogP contribution in [0.3, 0.4) is 0 Å². The Morgan fingerprint density at radius 2 is 1.71 bits per heavy atom. The van der Waals surface area contributed by atoms with Gasteiger partial charge in [0.25, 0.3) is 0 Å². The first-order valence-electron chi connectivity index (χ1n) is 9.05. The second-order valence-corrected chi connectivity index (χ2v) is 8.70. The fourth-order valence-electron chi connectivity index (χ4n) is 2.82. The number of amides is 1. The zero-order valence-electron chi connectivity index (χ0n) is 16.7. The van der Waals surface area contributed by atoms with Crippen molar-refractivity contribution in [1.82, 2.24) is 4.90 Å². The van der Waals surface area contributed by atoms with Gasteiger partial charge < -0.3 is 13.8 Å². The fourth-order valence-corrected chi connectivity index (χ4v) is 3.27. The molecular formula is C21H27NO5S. The van der Waals surface area contributed by atoms with Crippen LogP contribution in [0.4, 0.5) is 0 Å². The highest BCUT2D eigenvalue weighted by Gasteiger charge is 2.17. The quantitative estimate of drug-likeness (QED) is 0.599. The lowest BCUT2D eigenvalue weighted by Crippen LogP contribution is -2.34. The molecule has 2 rings (SSSR count). The van der Waals surface area contributed by atoms with Crippen molar-refractivity contribution in [2.75, 3.05) is 19.9 Å². The second-order valence-electron chi connectivity index (χ2n) is 7.13. The molecule has 28 heavy (non-hydrogen) atoms. The zero-order valence-corrected chi connectivity index (χ0v) is 17.5. The predicted octanol–water partition coefficient (Wildman–Crippen LogP) is 3.26. The van der Waals surface area contributed by atoms with Crippen molar-refractivity contribution < 1.29 is 22.1 Å². The Morgan fingerprint density at radius 3 is 2.29 bits per heavy atom. The molecule has 0 saturated carbocycles. The molecule has 0 atom stereocenters. The summed E-state index contributed by atoms with van der Waals surface area (Å²) in [6.07, 6.45) is 1.29. The van der Waals surface area contributed by atoms with Gasteiger partial charge >= 0.3 is 10.1 Å². The van der Waals surface area contributed by atoms with Gasteiger partial charge in [-0.25, -0.2) is 0 Å². The van der Waals surface area contributed by atoms with Crippen molar-refractivity contribution >= 4 is 16.0 Å². The van der Waals surface area contributed by atoms with Crippen LogP contribution in [0.1, 0.15) is 25.0 Å². The Labute approximate surface area is 167 Å². The average Bonchev–Trinajstić information content (AvgIpc) is 2.60. The number of carbonyl (C=O) groups is 1. The molecule has 152 valence electrons. The summed E-state index contributed by atoms with van der Waals surface area (Å²) >= 11 is 0. The molecule has 0 spiro atoms. The molecule has 7 heteroatoms. The van der Waals surface area contributed by atoms with E-state index in [0.29, 0.717) is 19.0 Å². The number of benzene rings is 2. The summed E-state index contributed by atoms with van der Waals surface area (Å²) < 4.78 is 32.8. The van der Waals surface area contributed by atoms with Crippen molar-refractivity contribution in [3.05, 3.63) is 59.7 Å². The molecule has 2 aromatic carbocycles. The number of rotatable bonds is 9. The Kier molecular flexibility index (Phi) is 7.45. The number of hydrogen-bond acceptors (Lipinski definition) is 5. The lowest BCUT2D eigenvalue weighted by molar-refractivity contribution is -0.131. The van der Waals surface area contributed by atoms with Crippen LogP contribution in [0.2, 0.25) is 0 Å². The second kappa shape index (κ2) is 9.59. The first kappa shape index (κ1) is 21.8. The molecule has 1 amide bonds. The van der Waals surface area contributed by atoms with Crippen molar-refractivity contribution in [2.45, 2.75) is 26.8 Å². The molecule has 0 radical (unpaired) electrons. The van der Waals surface area contributed by atoms with Gasteiger partial charge in [0, 0.05) is 13.1 Å². The van der Waals surface area contributed by atoms with Gasteiger partial charge in [-0.15, -0.1) is 0 Å². The van der Waals surface area contributed by atoms with Crippen LogP contribution in [0.25, 0.3) is 0 Å². The highest BCUT2D eigenvalue weighted by molar-refractivity contribution is 7.86. The van der Waals surface area contributed by atoms with Crippen molar-refractivity contribution in [1.29, 1.82) is 0 Å². The maximum Gasteiger partial charge on any atom is 0.306 e. The number of carbonyl (C=O) groups excluding carboxylic acids is 1. The van der Waals surface area contributed by atoms with Crippen LogP contribution < -0.4 is 8.92 Å².